The molecule has 21 heavy (non-hydrogen) atoms. The van der Waals surface area contributed by atoms with Crippen LogP contribution in [0.4, 0.5) is 4.79 Å². The van der Waals surface area contributed by atoms with Gasteiger partial charge in [0, 0.05) is 13.1 Å². The van der Waals surface area contributed by atoms with Crippen LogP contribution in [0, 0.1) is 12.8 Å². The third-order valence-electron chi connectivity index (χ3n) is 3.86. The summed E-state index contributed by atoms with van der Waals surface area (Å²) in [5.74, 6) is 1.30. The lowest BCUT2D eigenvalue weighted by molar-refractivity contribution is 0.0598. The highest BCUT2D eigenvalue weighted by molar-refractivity contribution is 5.90. The van der Waals surface area contributed by atoms with Gasteiger partial charge in [-0.25, -0.2) is 9.59 Å². The van der Waals surface area contributed by atoms with Crippen molar-refractivity contribution in [1.82, 2.24) is 10.2 Å². The molecule has 1 aromatic rings. The number of ether oxygens (including phenoxy) is 1. The van der Waals surface area contributed by atoms with Gasteiger partial charge in [0.25, 0.3) is 0 Å². The maximum atomic E-state index is 12.0. The Balaban J connectivity index is 1.88. The van der Waals surface area contributed by atoms with Gasteiger partial charge in [-0.2, -0.15) is 0 Å². The number of rotatable bonds is 3. The lowest BCUT2D eigenvalue weighted by Crippen LogP contribution is -2.43. The molecule has 6 nitrogen and oxygen atoms in total. The van der Waals surface area contributed by atoms with Crippen molar-refractivity contribution < 1.29 is 18.7 Å². The maximum Gasteiger partial charge on any atom is 0.341 e. The minimum atomic E-state index is -0.432. The highest BCUT2D eigenvalue weighted by atomic mass is 16.5. The molecule has 0 aromatic carbocycles. The summed E-state index contributed by atoms with van der Waals surface area (Å²) in [6.45, 7) is 5.75. The minimum absolute atomic E-state index is 0.0874. The molecule has 0 radical (unpaired) electrons. The van der Waals surface area contributed by atoms with Crippen LogP contribution in [0.15, 0.2) is 10.5 Å². The van der Waals surface area contributed by atoms with Gasteiger partial charge in [0.05, 0.1) is 13.7 Å². The van der Waals surface area contributed by atoms with Crippen LogP contribution in [0.25, 0.3) is 0 Å². The molecule has 1 aliphatic heterocycles. The van der Waals surface area contributed by atoms with Crippen LogP contribution in [-0.4, -0.2) is 37.1 Å². The van der Waals surface area contributed by atoms with Crippen LogP contribution in [0.2, 0.25) is 0 Å². The van der Waals surface area contributed by atoms with Crippen LogP contribution in [-0.2, 0) is 11.3 Å². The highest BCUT2D eigenvalue weighted by Gasteiger charge is 2.21. The summed E-state index contributed by atoms with van der Waals surface area (Å²) in [5.41, 5.74) is 0.397. The van der Waals surface area contributed by atoms with Gasteiger partial charge in [-0.3, -0.25) is 0 Å². The molecule has 1 N–H and O–H groups in total. The normalized spacial score (nSPS) is 15.9. The molecule has 1 saturated heterocycles. The molecule has 2 heterocycles. The summed E-state index contributed by atoms with van der Waals surface area (Å²) in [6, 6.07) is 1.52. The Kier molecular flexibility index (Phi) is 4.88. The van der Waals surface area contributed by atoms with E-state index in [0.29, 0.717) is 23.0 Å². The SMILES string of the molecule is COC(=O)c1cc(CNC(=O)N2CCC(C)CC2)oc1C. The van der Waals surface area contributed by atoms with Crippen molar-refractivity contribution in [1.29, 1.82) is 0 Å². The first kappa shape index (κ1) is 15.4. The summed E-state index contributed by atoms with van der Waals surface area (Å²) in [5, 5.41) is 2.82. The topological polar surface area (TPSA) is 71.8 Å². The molecular formula is C15H22N2O4. The standard InChI is InChI=1S/C15H22N2O4/c1-10-4-6-17(7-5-10)15(19)16-9-12-8-13(11(2)21-12)14(18)20-3/h8,10H,4-7,9H2,1-3H3,(H,16,19). The fourth-order valence-corrected chi connectivity index (χ4v) is 2.43. The second kappa shape index (κ2) is 6.65. The van der Waals surface area contributed by atoms with E-state index in [2.05, 4.69) is 17.0 Å². The zero-order valence-electron chi connectivity index (χ0n) is 12.8. The molecule has 1 aromatic heterocycles. The number of carbonyl (C=O) groups excluding carboxylic acids is 2. The molecule has 2 rings (SSSR count). The van der Waals surface area contributed by atoms with Crippen molar-refractivity contribution in [2.75, 3.05) is 20.2 Å². The third kappa shape index (κ3) is 3.77. The first-order valence-electron chi connectivity index (χ1n) is 7.21. The number of amides is 2. The van der Waals surface area contributed by atoms with Crippen LogP contribution in [0.1, 0.15) is 41.6 Å². The van der Waals surface area contributed by atoms with Crippen LogP contribution in [0.3, 0.4) is 0 Å². The molecule has 116 valence electrons. The van der Waals surface area contributed by atoms with E-state index in [1.807, 2.05) is 4.90 Å². The molecule has 1 aliphatic rings. The second-order valence-corrected chi connectivity index (χ2v) is 5.50. The maximum absolute atomic E-state index is 12.0. The lowest BCUT2D eigenvalue weighted by Gasteiger charge is -2.30. The molecular weight excluding hydrogens is 272 g/mol. The van der Waals surface area contributed by atoms with Crippen molar-refractivity contribution in [2.45, 2.75) is 33.2 Å². The number of esters is 1. The van der Waals surface area contributed by atoms with E-state index in [9.17, 15) is 9.59 Å². The fourth-order valence-electron chi connectivity index (χ4n) is 2.43. The van der Waals surface area contributed by atoms with E-state index in [0.717, 1.165) is 25.9 Å². The molecule has 0 saturated carbocycles. The number of aryl methyl sites for hydroxylation is 1. The molecule has 0 unspecified atom stereocenters. The van der Waals surface area contributed by atoms with Crippen LogP contribution >= 0.6 is 0 Å². The van der Waals surface area contributed by atoms with Gasteiger partial charge in [-0.15, -0.1) is 0 Å². The van der Waals surface area contributed by atoms with E-state index in [1.165, 1.54) is 7.11 Å². The van der Waals surface area contributed by atoms with Crippen LogP contribution < -0.4 is 5.32 Å². The summed E-state index contributed by atoms with van der Waals surface area (Å²) in [4.78, 5) is 25.3. The van der Waals surface area contributed by atoms with Crippen molar-refractivity contribution in [2.24, 2.45) is 5.92 Å². The average molecular weight is 294 g/mol. The second-order valence-electron chi connectivity index (χ2n) is 5.50. The van der Waals surface area contributed by atoms with E-state index < -0.39 is 5.97 Å². The number of hydrogen-bond donors (Lipinski definition) is 1. The zero-order chi connectivity index (χ0) is 15.4. The Morgan fingerprint density at radius 3 is 2.71 bits per heavy atom. The van der Waals surface area contributed by atoms with Gasteiger partial charge in [-0.05, 0) is 31.7 Å². The number of furan rings is 1. The third-order valence-corrected chi connectivity index (χ3v) is 3.86. The van der Waals surface area contributed by atoms with Gasteiger partial charge in [-0.1, -0.05) is 6.92 Å². The molecule has 0 aliphatic carbocycles. The zero-order valence-corrected chi connectivity index (χ0v) is 12.8. The van der Waals surface area contributed by atoms with Crippen molar-refractivity contribution in [3.63, 3.8) is 0 Å². The Bertz CT molecular complexity index is 516. The molecule has 2 amide bonds. The smallest absolute Gasteiger partial charge is 0.341 e. The number of methoxy groups -OCH3 is 1. The molecule has 0 bridgehead atoms. The number of nitrogens with zero attached hydrogens (tertiary/aromatic N) is 1. The van der Waals surface area contributed by atoms with Gasteiger partial charge in [0.15, 0.2) is 0 Å². The number of carbonyl (C=O) groups is 2. The molecule has 0 atom stereocenters. The van der Waals surface area contributed by atoms with Gasteiger partial charge in [0.2, 0.25) is 0 Å². The van der Waals surface area contributed by atoms with Crippen molar-refractivity contribution in [3.8, 4) is 0 Å². The molecule has 6 heteroatoms. The van der Waals surface area contributed by atoms with E-state index in [4.69, 9.17) is 4.42 Å². The summed E-state index contributed by atoms with van der Waals surface area (Å²) >= 11 is 0. The predicted octanol–water partition coefficient (Wildman–Crippen LogP) is 2.32. The monoisotopic (exact) mass is 294 g/mol. The van der Waals surface area contributed by atoms with Crippen molar-refractivity contribution >= 4 is 12.0 Å². The number of likely N-dealkylation sites (tertiary alicyclic amines) is 1. The number of piperidine rings is 1. The summed E-state index contributed by atoms with van der Waals surface area (Å²) < 4.78 is 10.1. The number of nitrogens with one attached hydrogen (secondary N) is 1. The Labute approximate surface area is 124 Å². The number of hydrogen-bond acceptors (Lipinski definition) is 4. The predicted molar refractivity (Wildman–Crippen MR) is 77.0 cm³/mol. The number of urea groups is 1. The average Bonchev–Trinajstić information content (AvgIpc) is 2.86. The lowest BCUT2D eigenvalue weighted by atomic mass is 10.00. The minimum Gasteiger partial charge on any atom is -0.465 e. The quantitative estimate of drug-likeness (QED) is 0.868. The van der Waals surface area contributed by atoms with E-state index in [1.54, 1.807) is 13.0 Å². The van der Waals surface area contributed by atoms with E-state index >= 15 is 0 Å². The van der Waals surface area contributed by atoms with Crippen molar-refractivity contribution in [3.05, 3.63) is 23.2 Å². The molecule has 1 fully saturated rings. The Hall–Kier alpha value is -1.98. The van der Waals surface area contributed by atoms with E-state index in [-0.39, 0.29) is 12.6 Å². The van der Waals surface area contributed by atoms with Gasteiger partial charge in [0.1, 0.15) is 17.1 Å². The molecule has 0 spiro atoms. The highest BCUT2D eigenvalue weighted by Crippen LogP contribution is 2.17. The summed E-state index contributed by atoms with van der Waals surface area (Å²) in [6.07, 6.45) is 2.08. The van der Waals surface area contributed by atoms with Crippen LogP contribution in [0.5, 0.6) is 0 Å². The largest absolute Gasteiger partial charge is 0.465 e. The Morgan fingerprint density at radius 2 is 2.10 bits per heavy atom. The first-order valence-corrected chi connectivity index (χ1v) is 7.21. The van der Waals surface area contributed by atoms with Gasteiger partial charge < -0.3 is 19.4 Å². The Morgan fingerprint density at radius 1 is 1.43 bits per heavy atom. The van der Waals surface area contributed by atoms with Gasteiger partial charge >= 0.3 is 12.0 Å². The fraction of sp³-hybridized carbons (Fsp3) is 0.600. The first-order chi connectivity index (χ1) is 10.0. The summed E-state index contributed by atoms with van der Waals surface area (Å²) in [7, 11) is 1.33.